The van der Waals surface area contributed by atoms with Crippen LogP contribution >= 0.6 is 0 Å². The van der Waals surface area contributed by atoms with Gasteiger partial charge >= 0.3 is 0 Å². The van der Waals surface area contributed by atoms with Crippen LogP contribution in [0.5, 0.6) is 0 Å². The molecule has 0 atom stereocenters. The minimum atomic E-state index is -0.573. The van der Waals surface area contributed by atoms with Gasteiger partial charge in [0.15, 0.2) is 11.6 Å². The summed E-state index contributed by atoms with van der Waals surface area (Å²) in [4.78, 5) is 28.1. The Morgan fingerprint density at radius 2 is 1.71 bits per heavy atom. The lowest BCUT2D eigenvalue weighted by Gasteiger charge is -2.14. The van der Waals surface area contributed by atoms with Crippen LogP contribution in [0.1, 0.15) is 26.4 Å². The van der Waals surface area contributed by atoms with Gasteiger partial charge < -0.3 is 0 Å². The first-order chi connectivity index (χ1) is 10.0. The zero-order chi connectivity index (χ0) is 15.0. The molecular weight excluding hydrogens is 276 g/mol. The van der Waals surface area contributed by atoms with Gasteiger partial charge in [-0.1, -0.05) is 0 Å². The molecule has 5 heteroatoms. The maximum Gasteiger partial charge on any atom is 0.190 e. The summed E-state index contributed by atoms with van der Waals surface area (Å²) in [5.74, 6) is -1.81. The average Bonchev–Trinajstić information content (AvgIpc) is 2.46. The lowest BCUT2D eigenvalue weighted by Crippen LogP contribution is -2.18. The quantitative estimate of drug-likeness (QED) is 0.852. The Morgan fingerprint density at radius 3 is 2.43 bits per heavy atom. The summed E-state index contributed by atoms with van der Waals surface area (Å²) in [7, 11) is 0. The van der Waals surface area contributed by atoms with Gasteiger partial charge in [0.1, 0.15) is 11.6 Å². The van der Waals surface area contributed by atoms with Crippen LogP contribution in [0.25, 0.3) is 0 Å². The summed E-state index contributed by atoms with van der Waals surface area (Å²) in [6.45, 7) is 0. The van der Waals surface area contributed by atoms with Crippen LogP contribution < -0.4 is 0 Å². The van der Waals surface area contributed by atoms with Gasteiger partial charge in [-0.15, -0.1) is 0 Å². The lowest BCUT2D eigenvalue weighted by molar-refractivity contribution is 0.0982. The van der Waals surface area contributed by atoms with Crippen LogP contribution in [0.15, 0.2) is 48.2 Å². The van der Waals surface area contributed by atoms with Crippen LogP contribution in [0, 0.1) is 11.6 Å². The second kappa shape index (κ2) is 5.01. The molecule has 104 valence electrons. The van der Waals surface area contributed by atoms with E-state index in [1.807, 2.05) is 0 Å². The van der Waals surface area contributed by atoms with E-state index in [0.717, 1.165) is 18.3 Å². The van der Waals surface area contributed by atoms with E-state index in [-0.39, 0.29) is 28.9 Å². The number of ketones is 2. The summed E-state index contributed by atoms with van der Waals surface area (Å²) in [5, 5.41) is 0. The van der Waals surface area contributed by atoms with Crippen molar-refractivity contribution in [3.05, 3.63) is 76.6 Å². The third kappa shape index (κ3) is 2.50. The molecule has 0 spiro atoms. The molecule has 1 aliphatic rings. The molecule has 1 aromatic carbocycles. The van der Waals surface area contributed by atoms with Crippen molar-refractivity contribution in [2.24, 2.45) is 0 Å². The fourth-order valence-corrected chi connectivity index (χ4v) is 2.23. The minimum absolute atomic E-state index is 0.0552. The molecule has 1 heterocycles. The van der Waals surface area contributed by atoms with Crippen LogP contribution in [0.2, 0.25) is 0 Å². The molecule has 0 N–H and O–H groups in total. The van der Waals surface area contributed by atoms with Gasteiger partial charge in [0.25, 0.3) is 0 Å². The van der Waals surface area contributed by atoms with Gasteiger partial charge in [-0.2, -0.15) is 0 Å². The van der Waals surface area contributed by atoms with Crippen LogP contribution in [0.4, 0.5) is 8.78 Å². The Morgan fingerprint density at radius 1 is 0.952 bits per heavy atom. The smallest absolute Gasteiger partial charge is 0.190 e. The van der Waals surface area contributed by atoms with Gasteiger partial charge in [-0.05, 0) is 36.4 Å². The van der Waals surface area contributed by atoms with E-state index >= 15 is 0 Å². The molecule has 0 saturated heterocycles. The number of hydrogen-bond donors (Lipinski definition) is 0. The highest BCUT2D eigenvalue weighted by molar-refractivity contribution is 6.24. The highest BCUT2D eigenvalue weighted by Gasteiger charge is 2.26. The van der Waals surface area contributed by atoms with Crippen LogP contribution in [-0.2, 0) is 6.42 Å². The predicted molar refractivity (Wildman–Crippen MR) is 71.0 cm³/mol. The number of carbonyl (C=O) groups is 2. The Hall–Kier alpha value is -2.69. The molecule has 0 bridgehead atoms. The Bertz CT molecular complexity index is 779. The van der Waals surface area contributed by atoms with Gasteiger partial charge in [-0.25, -0.2) is 8.78 Å². The molecular formula is C16H9F2NO2. The maximum absolute atomic E-state index is 13.3. The normalized spacial score (nSPS) is 13.9. The zero-order valence-electron chi connectivity index (χ0n) is 10.8. The van der Waals surface area contributed by atoms with E-state index in [0.29, 0.717) is 5.69 Å². The van der Waals surface area contributed by atoms with Crippen molar-refractivity contribution in [3.8, 4) is 0 Å². The number of pyridine rings is 1. The lowest BCUT2D eigenvalue weighted by atomic mass is 9.87. The van der Waals surface area contributed by atoms with E-state index in [9.17, 15) is 18.4 Å². The zero-order valence-corrected chi connectivity index (χ0v) is 10.8. The number of benzene rings is 1. The number of halogens is 2. The van der Waals surface area contributed by atoms with Crippen molar-refractivity contribution in [1.82, 2.24) is 4.98 Å². The van der Waals surface area contributed by atoms with Crippen molar-refractivity contribution in [1.29, 1.82) is 0 Å². The standard InChI is InChI=1S/C16H9F2NO2/c17-10-2-4-13-14(7-10)16(21)9(6-15(13)20)5-12-3-1-11(18)8-19-12/h1-4,6-8H,5H2. The molecule has 21 heavy (non-hydrogen) atoms. The van der Waals surface area contributed by atoms with Gasteiger partial charge in [0.2, 0.25) is 0 Å². The summed E-state index contributed by atoms with van der Waals surface area (Å²) in [6, 6.07) is 6.17. The summed E-state index contributed by atoms with van der Waals surface area (Å²) >= 11 is 0. The molecule has 0 fully saturated rings. The minimum Gasteiger partial charge on any atom is -0.289 e. The SMILES string of the molecule is O=C1C=C(Cc2ccc(F)cn2)C(=O)c2cc(F)ccc21. The molecule has 1 aliphatic carbocycles. The van der Waals surface area contributed by atoms with Crippen molar-refractivity contribution in [2.75, 3.05) is 0 Å². The van der Waals surface area contributed by atoms with E-state index in [1.165, 1.54) is 24.3 Å². The largest absolute Gasteiger partial charge is 0.289 e. The number of aromatic nitrogens is 1. The van der Waals surface area contributed by atoms with Crippen molar-refractivity contribution in [3.63, 3.8) is 0 Å². The number of allylic oxidation sites excluding steroid dienone is 2. The van der Waals surface area contributed by atoms with Crippen molar-refractivity contribution < 1.29 is 18.4 Å². The Labute approximate surface area is 118 Å². The first-order valence-electron chi connectivity index (χ1n) is 6.24. The molecule has 0 unspecified atom stereocenters. The molecule has 0 radical (unpaired) electrons. The highest BCUT2D eigenvalue weighted by atomic mass is 19.1. The molecule has 1 aromatic heterocycles. The maximum atomic E-state index is 13.3. The molecule has 0 aliphatic heterocycles. The Balaban J connectivity index is 1.96. The first-order valence-corrected chi connectivity index (χ1v) is 6.24. The number of fused-ring (bicyclic) bond motifs is 1. The second-order valence-electron chi connectivity index (χ2n) is 4.70. The fraction of sp³-hybridized carbons (Fsp3) is 0.0625. The molecule has 3 nitrogen and oxygen atoms in total. The average molecular weight is 285 g/mol. The fourth-order valence-electron chi connectivity index (χ4n) is 2.23. The number of carbonyl (C=O) groups excluding carboxylic acids is 2. The third-order valence-electron chi connectivity index (χ3n) is 3.25. The number of Topliss-reactive ketones (excluding diaryl/α,β-unsaturated/α-hetero) is 1. The van der Waals surface area contributed by atoms with Gasteiger partial charge in [0, 0.05) is 28.8 Å². The number of rotatable bonds is 2. The van der Waals surface area contributed by atoms with Crippen molar-refractivity contribution in [2.45, 2.75) is 6.42 Å². The highest BCUT2D eigenvalue weighted by Crippen LogP contribution is 2.24. The number of hydrogen-bond acceptors (Lipinski definition) is 3. The van der Waals surface area contributed by atoms with E-state index in [2.05, 4.69) is 4.98 Å². The van der Waals surface area contributed by atoms with E-state index in [4.69, 9.17) is 0 Å². The topological polar surface area (TPSA) is 47.0 Å². The summed E-state index contributed by atoms with van der Waals surface area (Å²) < 4.78 is 26.1. The van der Waals surface area contributed by atoms with Crippen LogP contribution in [-0.4, -0.2) is 16.6 Å². The third-order valence-corrected chi connectivity index (χ3v) is 3.25. The predicted octanol–water partition coefficient (Wildman–Crippen LogP) is 2.91. The van der Waals surface area contributed by atoms with Gasteiger partial charge in [0.05, 0.1) is 6.20 Å². The molecule has 0 amide bonds. The van der Waals surface area contributed by atoms with E-state index < -0.39 is 17.4 Å². The Kier molecular flexibility index (Phi) is 3.17. The summed E-state index contributed by atoms with van der Waals surface area (Å²) in [6.07, 6.45) is 2.37. The van der Waals surface area contributed by atoms with Crippen LogP contribution in [0.3, 0.4) is 0 Å². The van der Waals surface area contributed by atoms with E-state index in [1.54, 1.807) is 0 Å². The molecule has 2 aromatic rings. The van der Waals surface area contributed by atoms with Crippen molar-refractivity contribution >= 4 is 11.6 Å². The monoisotopic (exact) mass is 285 g/mol. The second-order valence-corrected chi connectivity index (χ2v) is 4.70. The number of nitrogens with zero attached hydrogens (tertiary/aromatic N) is 1. The molecule has 3 rings (SSSR count). The van der Waals surface area contributed by atoms with Gasteiger partial charge in [-0.3, -0.25) is 14.6 Å². The first kappa shape index (κ1) is 13.3. The summed E-state index contributed by atoms with van der Waals surface area (Å²) in [5.41, 5.74) is 0.928. The molecule has 0 saturated carbocycles.